The molecule has 0 amide bonds. The van der Waals surface area contributed by atoms with Crippen LogP contribution in [0.1, 0.15) is 25.0 Å². The molecule has 0 atom stereocenters. The van der Waals surface area contributed by atoms with Crippen LogP contribution in [0.3, 0.4) is 0 Å². The lowest BCUT2D eigenvalue weighted by atomic mass is 9.80. The van der Waals surface area contributed by atoms with Gasteiger partial charge in [-0.3, -0.25) is 0 Å². The third kappa shape index (κ3) is 4.39. The molecule has 48 heavy (non-hydrogen) atoms. The van der Waals surface area contributed by atoms with E-state index in [1.165, 1.54) is 71.7 Å². The van der Waals surface area contributed by atoms with Crippen LogP contribution in [-0.2, 0) is 5.41 Å². The Labute approximate surface area is 282 Å². The van der Waals surface area contributed by atoms with Gasteiger partial charge in [-0.2, -0.15) is 0 Å². The molecule has 0 N–H and O–H groups in total. The number of benzene rings is 8. The molecule has 0 spiro atoms. The van der Waals surface area contributed by atoms with Gasteiger partial charge in [-0.1, -0.05) is 147 Å². The van der Waals surface area contributed by atoms with Gasteiger partial charge in [0.05, 0.1) is 0 Å². The van der Waals surface area contributed by atoms with Crippen molar-refractivity contribution in [3.63, 3.8) is 0 Å². The summed E-state index contributed by atoms with van der Waals surface area (Å²) in [6, 6.07) is 64.2. The molecular formula is C47H35N. The molecule has 1 aliphatic rings. The van der Waals surface area contributed by atoms with Gasteiger partial charge in [-0.05, 0) is 109 Å². The molecule has 8 aromatic carbocycles. The predicted octanol–water partition coefficient (Wildman–Crippen LogP) is 13.1. The second-order valence-electron chi connectivity index (χ2n) is 13.3. The van der Waals surface area contributed by atoms with Gasteiger partial charge in [-0.25, -0.2) is 0 Å². The standard InChI is InChI=1S/C47H35N/c1-47(2)43-30-33(46-41-24-14-12-22-39(41)45(32-16-6-3-7-17-32)40-23-13-15-25-42(40)46)26-28-37(43)38-29-27-36(31-44(38)47)48(34-18-8-4-9-19-34)35-20-10-5-11-21-35/h3-31H,1-2H3. The Morgan fingerprint density at radius 1 is 0.354 bits per heavy atom. The Balaban J connectivity index is 1.22. The summed E-state index contributed by atoms with van der Waals surface area (Å²) < 4.78 is 0. The van der Waals surface area contributed by atoms with Gasteiger partial charge in [0.25, 0.3) is 0 Å². The second-order valence-corrected chi connectivity index (χ2v) is 13.3. The molecule has 1 nitrogen and oxygen atoms in total. The summed E-state index contributed by atoms with van der Waals surface area (Å²) >= 11 is 0. The van der Waals surface area contributed by atoms with Crippen molar-refractivity contribution in [2.75, 3.05) is 4.90 Å². The number of para-hydroxylation sites is 2. The van der Waals surface area contributed by atoms with Crippen LogP contribution in [0.2, 0.25) is 0 Å². The number of anilines is 3. The molecule has 0 saturated carbocycles. The summed E-state index contributed by atoms with van der Waals surface area (Å²) in [5, 5.41) is 5.14. The Hall–Kier alpha value is -5.92. The number of hydrogen-bond acceptors (Lipinski definition) is 1. The molecule has 0 aromatic heterocycles. The van der Waals surface area contributed by atoms with Crippen molar-refractivity contribution in [2.45, 2.75) is 19.3 Å². The maximum Gasteiger partial charge on any atom is 0.0465 e. The number of hydrogen-bond donors (Lipinski definition) is 0. The van der Waals surface area contributed by atoms with E-state index in [0.717, 1.165) is 11.4 Å². The van der Waals surface area contributed by atoms with Crippen LogP contribution < -0.4 is 4.90 Å². The first-order valence-corrected chi connectivity index (χ1v) is 16.8. The summed E-state index contributed by atoms with van der Waals surface area (Å²) in [5.74, 6) is 0. The van der Waals surface area contributed by atoms with E-state index in [4.69, 9.17) is 0 Å². The van der Waals surface area contributed by atoms with E-state index in [0.29, 0.717) is 0 Å². The summed E-state index contributed by atoms with van der Waals surface area (Å²) in [4.78, 5) is 2.36. The fraction of sp³-hybridized carbons (Fsp3) is 0.0638. The quantitative estimate of drug-likeness (QED) is 0.175. The maximum absolute atomic E-state index is 2.47. The zero-order chi connectivity index (χ0) is 32.2. The Kier molecular flexibility index (Phi) is 6.55. The van der Waals surface area contributed by atoms with E-state index in [9.17, 15) is 0 Å². The molecule has 0 unspecified atom stereocenters. The molecule has 0 saturated heterocycles. The number of rotatable bonds is 5. The fourth-order valence-electron chi connectivity index (χ4n) is 7.98. The minimum Gasteiger partial charge on any atom is -0.310 e. The fourth-order valence-corrected chi connectivity index (χ4v) is 7.98. The van der Waals surface area contributed by atoms with Crippen LogP contribution >= 0.6 is 0 Å². The summed E-state index contributed by atoms with van der Waals surface area (Å²) in [7, 11) is 0. The lowest BCUT2D eigenvalue weighted by Gasteiger charge is -2.28. The smallest absolute Gasteiger partial charge is 0.0465 e. The van der Waals surface area contributed by atoms with Crippen LogP contribution in [0.15, 0.2) is 176 Å². The minimum atomic E-state index is -0.175. The molecule has 9 rings (SSSR count). The van der Waals surface area contributed by atoms with Crippen LogP contribution in [0, 0.1) is 0 Å². The number of nitrogens with zero attached hydrogens (tertiary/aromatic N) is 1. The van der Waals surface area contributed by atoms with Crippen LogP contribution in [-0.4, -0.2) is 0 Å². The Morgan fingerprint density at radius 2 is 0.771 bits per heavy atom. The molecule has 0 heterocycles. The van der Waals surface area contributed by atoms with E-state index in [2.05, 4.69) is 195 Å². The van der Waals surface area contributed by atoms with Crippen molar-refractivity contribution >= 4 is 38.6 Å². The molecule has 1 heteroatoms. The highest BCUT2D eigenvalue weighted by Gasteiger charge is 2.36. The molecule has 0 fully saturated rings. The average Bonchev–Trinajstić information content (AvgIpc) is 3.37. The third-order valence-electron chi connectivity index (χ3n) is 10.2. The largest absolute Gasteiger partial charge is 0.310 e. The van der Waals surface area contributed by atoms with Crippen molar-refractivity contribution in [3.05, 3.63) is 187 Å². The van der Waals surface area contributed by atoms with Crippen molar-refractivity contribution < 1.29 is 0 Å². The molecule has 8 aromatic rings. The van der Waals surface area contributed by atoms with E-state index in [1.807, 2.05) is 0 Å². The van der Waals surface area contributed by atoms with Crippen molar-refractivity contribution in [3.8, 4) is 33.4 Å². The average molecular weight is 614 g/mol. The van der Waals surface area contributed by atoms with E-state index in [1.54, 1.807) is 0 Å². The lowest BCUT2D eigenvalue weighted by molar-refractivity contribution is 0.660. The van der Waals surface area contributed by atoms with Crippen LogP contribution in [0.25, 0.3) is 54.9 Å². The zero-order valence-electron chi connectivity index (χ0n) is 27.2. The van der Waals surface area contributed by atoms with Crippen molar-refractivity contribution in [1.82, 2.24) is 0 Å². The van der Waals surface area contributed by atoms with E-state index in [-0.39, 0.29) is 5.41 Å². The Morgan fingerprint density at radius 3 is 1.29 bits per heavy atom. The predicted molar refractivity (Wildman–Crippen MR) is 205 cm³/mol. The van der Waals surface area contributed by atoms with E-state index >= 15 is 0 Å². The molecule has 228 valence electrons. The normalized spacial score (nSPS) is 13.0. The maximum atomic E-state index is 2.47. The first kappa shape index (κ1) is 28.3. The van der Waals surface area contributed by atoms with Gasteiger partial charge >= 0.3 is 0 Å². The minimum absolute atomic E-state index is 0.175. The van der Waals surface area contributed by atoms with Crippen LogP contribution in [0.4, 0.5) is 17.1 Å². The lowest BCUT2D eigenvalue weighted by Crippen LogP contribution is -2.16. The monoisotopic (exact) mass is 613 g/mol. The SMILES string of the molecule is CC1(C)c2cc(-c3c4ccccc4c(-c4ccccc4)c4ccccc34)ccc2-c2ccc(N(c3ccccc3)c3ccccc3)cc21. The summed E-state index contributed by atoms with van der Waals surface area (Å²) in [5.41, 5.74) is 13.8. The van der Waals surface area contributed by atoms with Gasteiger partial charge in [0.15, 0.2) is 0 Å². The summed E-state index contributed by atoms with van der Waals surface area (Å²) in [6.07, 6.45) is 0. The highest BCUT2D eigenvalue weighted by Crippen LogP contribution is 2.52. The Bertz CT molecular complexity index is 2360. The van der Waals surface area contributed by atoms with E-state index < -0.39 is 0 Å². The van der Waals surface area contributed by atoms with Gasteiger partial charge in [0.2, 0.25) is 0 Å². The topological polar surface area (TPSA) is 3.24 Å². The third-order valence-corrected chi connectivity index (χ3v) is 10.2. The van der Waals surface area contributed by atoms with Gasteiger partial charge < -0.3 is 4.90 Å². The molecule has 1 aliphatic carbocycles. The first-order valence-electron chi connectivity index (χ1n) is 16.8. The molecule has 0 radical (unpaired) electrons. The first-order chi connectivity index (χ1) is 23.6. The number of fused-ring (bicyclic) bond motifs is 5. The van der Waals surface area contributed by atoms with Crippen molar-refractivity contribution in [1.29, 1.82) is 0 Å². The van der Waals surface area contributed by atoms with Gasteiger partial charge in [-0.15, -0.1) is 0 Å². The van der Waals surface area contributed by atoms with Gasteiger partial charge in [0, 0.05) is 22.5 Å². The molecule has 0 aliphatic heterocycles. The van der Waals surface area contributed by atoms with Gasteiger partial charge in [0.1, 0.15) is 0 Å². The molecule has 0 bridgehead atoms. The van der Waals surface area contributed by atoms with Crippen molar-refractivity contribution in [2.24, 2.45) is 0 Å². The summed E-state index contributed by atoms with van der Waals surface area (Å²) in [6.45, 7) is 4.77. The van der Waals surface area contributed by atoms with Crippen LogP contribution in [0.5, 0.6) is 0 Å². The molecular weight excluding hydrogens is 579 g/mol. The second kappa shape index (κ2) is 11.1. The zero-order valence-corrected chi connectivity index (χ0v) is 27.2. The highest BCUT2D eigenvalue weighted by atomic mass is 15.1. The highest BCUT2D eigenvalue weighted by molar-refractivity contribution is 6.21.